The molecule has 2 aromatic rings. The Morgan fingerprint density at radius 3 is 2.63 bits per heavy atom. The summed E-state index contributed by atoms with van der Waals surface area (Å²) in [4.78, 5) is 20.4. The van der Waals surface area contributed by atoms with Gasteiger partial charge in [-0.25, -0.2) is 9.18 Å². The van der Waals surface area contributed by atoms with Gasteiger partial charge >= 0.3 is 6.09 Å². The Kier molecular flexibility index (Phi) is 13.8. The topological polar surface area (TPSA) is 119 Å². The number of benzene rings is 2. The molecule has 1 fully saturated rings. The van der Waals surface area contributed by atoms with Crippen molar-refractivity contribution in [3.63, 3.8) is 0 Å². The Hall–Kier alpha value is -3.64. The van der Waals surface area contributed by atoms with Crippen LogP contribution < -0.4 is 9.47 Å². The van der Waals surface area contributed by atoms with Gasteiger partial charge in [0, 0.05) is 43.7 Å². The van der Waals surface area contributed by atoms with E-state index in [0.717, 1.165) is 36.8 Å². The van der Waals surface area contributed by atoms with Gasteiger partial charge < -0.3 is 38.9 Å². The number of allylic oxidation sites excluding steroid dienone is 1. The lowest BCUT2D eigenvalue weighted by Gasteiger charge is -2.59. The number of unbranched alkanes of at least 4 members (excludes halogenated alkanes) is 2. The summed E-state index contributed by atoms with van der Waals surface area (Å²) in [7, 11) is 3.16. The standard InChI is InChI=1S/C39H50ClFN2O8/c1-4-20-50-39-35(43(2)38(46)48-21-17-40)24-33(42-47-3)30-22-26(11-7-9-18-44)29(13-8-10-19-45)36(37(30)39)31-23-28(15-16-34(31)51-39)49-25-27-12-5-6-14-32(27)41/h4-6,12,14-16,22-23,26,29,35-37,44-45H,1,7-11,13,17-21,24-25H2,2-3H3. The van der Waals surface area contributed by atoms with Gasteiger partial charge in [0.2, 0.25) is 5.79 Å². The van der Waals surface area contributed by atoms with Crippen molar-refractivity contribution in [1.29, 1.82) is 0 Å². The van der Waals surface area contributed by atoms with Crippen molar-refractivity contribution in [2.75, 3.05) is 46.5 Å². The predicted octanol–water partition coefficient (Wildman–Crippen LogP) is 6.98. The van der Waals surface area contributed by atoms with Crippen LogP contribution in [0.3, 0.4) is 0 Å². The Bertz CT molecular complexity index is 1550. The molecular formula is C39H50ClFN2O8. The monoisotopic (exact) mass is 728 g/mol. The number of amides is 1. The predicted molar refractivity (Wildman–Crippen MR) is 193 cm³/mol. The van der Waals surface area contributed by atoms with Crippen LogP contribution in [-0.2, 0) is 20.9 Å². The molecule has 1 amide bonds. The molecule has 0 bridgehead atoms. The van der Waals surface area contributed by atoms with Crippen molar-refractivity contribution in [2.24, 2.45) is 22.9 Å². The number of rotatable bonds is 18. The number of aliphatic hydroxyl groups excluding tert-OH is 2. The van der Waals surface area contributed by atoms with Crippen LogP contribution in [0.25, 0.3) is 0 Å². The first-order chi connectivity index (χ1) is 24.8. The second-order valence-corrected chi connectivity index (χ2v) is 13.6. The average molecular weight is 729 g/mol. The third-order valence-electron chi connectivity index (χ3n) is 10.3. The molecule has 2 N–H and O–H groups in total. The van der Waals surface area contributed by atoms with Crippen LogP contribution in [0, 0.1) is 23.6 Å². The molecule has 1 aliphatic heterocycles. The van der Waals surface area contributed by atoms with E-state index < -0.39 is 23.8 Å². The maximum absolute atomic E-state index is 14.5. The van der Waals surface area contributed by atoms with Crippen molar-refractivity contribution >= 4 is 23.4 Å². The normalized spacial score (nSPS) is 25.6. The Labute approximate surface area is 304 Å². The first kappa shape index (κ1) is 38.6. The van der Waals surface area contributed by atoms with Crippen LogP contribution in [-0.4, -0.2) is 85.2 Å². The molecule has 3 aliphatic rings. The summed E-state index contributed by atoms with van der Waals surface area (Å²) in [6, 6.07) is 11.4. The maximum Gasteiger partial charge on any atom is 0.410 e. The molecule has 0 aromatic heterocycles. The first-order valence-electron chi connectivity index (χ1n) is 17.8. The van der Waals surface area contributed by atoms with Gasteiger partial charge in [-0.15, -0.1) is 18.2 Å². The minimum atomic E-state index is -1.39. The molecule has 278 valence electrons. The zero-order chi connectivity index (χ0) is 36.4. The number of hydrogen-bond donors (Lipinski definition) is 2. The van der Waals surface area contributed by atoms with Gasteiger partial charge in [0.1, 0.15) is 43.7 Å². The molecule has 0 saturated heterocycles. The number of alkyl halides is 1. The van der Waals surface area contributed by atoms with Gasteiger partial charge in [-0.05, 0) is 67.4 Å². The van der Waals surface area contributed by atoms with Crippen LogP contribution in [0.5, 0.6) is 11.5 Å². The van der Waals surface area contributed by atoms with E-state index >= 15 is 0 Å². The van der Waals surface area contributed by atoms with Crippen molar-refractivity contribution in [2.45, 2.75) is 69.3 Å². The summed E-state index contributed by atoms with van der Waals surface area (Å²) >= 11 is 5.88. The molecule has 0 radical (unpaired) electrons. The highest BCUT2D eigenvalue weighted by Gasteiger charge is 2.65. The second kappa shape index (κ2) is 18.2. The Morgan fingerprint density at radius 1 is 1.16 bits per heavy atom. The van der Waals surface area contributed by atoms with Gasteiger partial charge in [0.15, 0.2) is 0 Å². The smallest absolute Gasteiger partial charge is 0.410 e. The Morgan fingerprint density at radius 2 is 1.92 bits per heavy atom. The third kappa shape index (κ3) is 8.38. The molecule has 2 aliphatic carbocycles. The molecule has 0 spiro atoms. The number of hydrogen-bond acceptors (Lipinski definition) is 9. The van der Waals surface area contributed by atoms with Gasteiger partial charge in [0.25, 0.3) is 0 Å². The number of fused-ring (bicyclic) bond motifs is 2. The maximum atomic E-state index is 14.5. The fourth-order valence-corrected chi connectivity index (χ4v) is 8.14. The zero-order valence-corrected chi connectivity index (χ0v) is 30.2. The lowest BCUT2D eigenvalue weighted by molar-refractivity contribution is -0.253. The van der Waals surface area contributed by atoms with Crippen LogP contribution in [0.15, 0.2) is 71.9 Å². The van der Waals surface area contributed by atoms with Gasteiger partial charge in [-0.3, -0.25) is 0 Å². The van der Waals surface area contributed by atoms with E-state index in [9.17, 15) is 19.4 Å². The summed E-state index contributed by atoms with van der Waals surface area (Å²) in [5.41, 5.74) is 2.93. The van der Waals surface area contributed by atoms with E-state index in [2.05, 4.69) is 17.8 Å². The summed E-state index contributed by atoms with van der Waals surface area (Å²) in [5, 5.41) is 24.0. The highest BCUT2D eigenvalue weighted by Crippen LogP contribution is 2.61. The number of carbonyl (C=O) groups excluding carboxylic acids is 1. The summed E-state index contributed by atoms with van der Waals surface area (Å²) < 4.78 is 40.1. The van der Waals surface area contributed by atoms with E-state index in [1.54, 1.807) is 37.4 Å². The molecule has 6 atom stereocenters. The van der Waals surface area contributed by atoms with Gasteiger partial charge in [0.05, 0.1) is 24.1 Å². The molecule has 10 nitrogen and oxygen atoms in total. The lowest BCUT2D eigenvalue weighted by Crippen LogP contribution is -2.69. The van der Waals surface area contributed by atoms with Crippen LogP contribution in [0.4, 0.5) is 9.18 Å². The molecule has 2 aromatic carbocycles. The van der Waals surface area contributed by atoms with Gasteiger partial charge in [-0.1, -0.05) is 48.3 Å². The average Bonchev–Trinajstić information content (AvgIpc) is 3.14. The summed E-state index contributed by atoms with van der Waals surface area (Å²) in [5.74, 6) is -0.982. The van der Waals surface area contributed by atoms with E-state index in [4.69, 9.17) is 35.4 Å². The third-order valence-corrected chi connectivity index (χ3v) is 10.4. The number of aliphatic hydroxyl groups is 2. The van der Waals surface area contributed by atoms with Crippen molar-refractivity contribution < 1.29 is 43.2 Å². The van der Waals surface area contributed by atoms with E-state index in [-0.39, 0.29) is 68.9 Å². The highest BCUT2D eigenvalue weighted by atomic mass is 35.5. The fraction of sp³-hybridized carbons (Fsp3) is 0.538. The molecule has 1 heterocycles. The Balaban J connectivity index is 1.70. The zero-order valence-electron chi connectivity index (χ0n) is 29.5. The van der Waals surface area contributed by atoms with Gasteiger partial charge in [-0.2, -0.15) is 0 Å². The molecular weight excluding hydrogens is 679 g/mol. The van der Waals surface area contributed by atoms with Crippen LogP contribution >= 0.6 is 11.6 Å². The first-order valence-corrected chi connectivity index (χ1v) is 18.3. The largest absolute Gasteiger partial charge is 0.489 e. The van der Waals surface area contributed by atoms with E-state index in [0.29, 0.717) is 35.6 Å². The van der Waals surface area contributed by atoms with Crippen molar-refractivity contribution in [1.82, 2.24) is 4.90 Å². The quantitative estimate of drug-likeness (QED) is 0.0731. The van der Waals surface area contributed by atoms with Crippen molar-refractivity contribution in [3.05, 3.63) is 83.7 Å². The van der Waals surface area contributed by atoms with Crippen LogP contribution in [0.1, 0.15) is 62.0 Å². The summed E-state index contributed by atoms with van der Waals surface area (Å²) in [6.07, 6.45) is 8.15. The van der Waals surface area contributed by atoms with E-state index in [1.807, 2.05) is 12.1 Å². The molecule has 1 saturated carbocycles. The number of halogens is 2. The number of nitrogens with zero attached hydrogens (tertiary/aromatic N) is 2. The molecule has 12 heteroatoms. The number of likely N-dealkylation sites (N-methyl/N-ethyl adjacent to an activating group) is 1. The lowest BCUT2D eigenvalue weighted by atomic mass is 9.55. The van der Waals surface area contributed by atoms with E-state index in [1.165, 1.54) is 18.1 Å². The number of oxime groups is 1. The van der Waals surface area contributed by atoms with Crippen molar-refractivity contribution in [3.8, 4) is 11.5 Å². The SMILES string of the molecule is C=CCOC12Oc3ccc(OCc4ccccc4F)cc3C3C(CCCCO)C(CCCCO)C=C(C(=NOC)CC1N(C)C(=O)OCCCl)C32. The molecule has 6 unspecified atom stereocenters. The fourth-order valence-electron chi connectivity index (χ4n) is 8.06. The summed E-state index contributed by atoms with van der Waals surface area (Å²) in [6.45, 7) is 4.33. The second-order valence-electron chi connectivity index (χ2n) is 13.2. The number of ether oxygens (including phenoxy) is 4. The minimum Gasteiger partial charge on any atom is -0.489 e. The molecule has 51 heavy (non-hydrogen) atoms. The van der Waals surface area contributed by atoms with Crippen LogP contribution in [0.2, 0.25) is 0 Å². The molecule has 5 rings (SSSR count). The number of carbonyl (C=O) groups is 1. The highest BCUT2D eigenvalue weighted by molar-refractivity contribution is 6.18. The minimum absolute atomic E-state index is 0.0377.